The highest BCUT2D eigenvalue weighted by molar-refractivity contribution is 6.31. The maximum atomic E-state index is 12.6. The number of nitro groups is 1. The Balaban J connectivity index is 2.44. The van der Waals surface area contributed by atoms with Crippen molar-refractivity contribution in [1.82, 2.24) is 0 Å². The predicted molar refractivity (Wildman–Crippen MR) is 97.8 cm³/mol. The molecule has 1 amide bonds. The van der Waals surface area contributed by atoms with Gasteiger partial charge >= 0.3 is 0 Å². The van der Waals surface area contributed by atoms with E-state index in [1.807, 2.05) is 26.8 Å². The Kier molecular flexibility index (Phi) is 5.33. The summed E-state index contributed by atoms with van der Waals surface area (Å²) in [6, 6.07) is 9.32. The van der Waals surface area contributed by atoms with E-state index in [0.29, 0.717) is 11.4 Å². The van der Waals surface area contributed by atoms with E-state index >= 15 is 0 Å². The Morgan fingerprint density at radius 1 is 1.20 bits per heavy atom. The summed E-state index contributed by atoms with van der Waals surface area (Å²) in [4.78, 5) is 23.1. The Hall–Kier alpha value is -2.60. The maximum Gasteiger partial charge on any atom is 0.282 e. The normalized spacial score (nSPS) is 11.1. The molecule has 6 nitrogen and oxygen atoms in total. The van der Waals surface area contributed by atoms with E-state index in [2.05, 4.69) is 5.32 Å². The van der Waals surface area contributed by atoms with Crippen LogP contribution in [0.2, 0.25) is 5.02 Å². The first-order chi connectivity index (χ1) is 11.6. The number of hydrogen-bond donors (Lipinski definition) is 1. The van der Waals surface area contributed by atoms with Crippen molar-refractivity contribution >= 4 is 28.9 Å². The lowest BCUT2D eigenvalue weighted by Crippen LogP contribution is -2.16. The molecule has 0 aliphatic carbocycles. The topological polar surface area (TPSA) is 81.5 Å². The number of hydrogen-bond acceptors (Lipinski definition) is 4. The number of anilines is 1. The number of methoxy groups -OCH3 is 1. The van der Waals surface area contributed by atoms with Crippen molar-refractivity contribution in [2.24, 2.45) is 0 Å². The van der Waals surface area contributed by atoms with Crippen LogP contribution in [-0.2, 0) is 5.41 Å². The van der Waals surface area contributed by atoms with Crippen molar-refractivity contribution < 1.29 is 14.5 Å². The number of benzene rings is 2. The summed E-state index contributed by atoms with van der Waals surface area (Å²) >= 11 is 5.88. The SMILES string of the molecule is COc1ccc(C(C)(C)C)cc1NC(=O)c1cc(Cl)ccc1[N+](=O)[O-]. The summed E-state index contributed by atoms with van der Waals surface area (Å²) in [5, 5.41) is 14.1. The molecule has 0 saturated carbocycles. The third-order valence-corrected chi connectivity index (χ3v) is 3.95. The van der Waals surface area contributed by atoms with Crippen molar-refractivity contribution in [1.29, 1.82) is 0 Å². The minimum atomic E-state index is -0.626. The van der Waals surface area contributed by atoms with Gasteiger partial charge in [0.15, 0.2) is 0 Å². The number of carbonyl (C=O) groups excluding carboxylic acids is 1. The molecule has 0 aliphatic rings. The number of nitrogens with one attached hydrogen (secondary N) is 1. The number of ether oxygens (including phenoxy) is 1. The quantitative estimate of drug-likeness (QED) is 0.625. The molecule has 0 spiro atoms. The molecule has 0 saturated heterocycles. The number of nitrogens with zero attached hydrogens (tertiary/aromatic N) is 1. The monoisotopic (exact) mass is 362 g/mol. The molecule has 0 unspecified atom stereocenters. The molecule has 2 rings (SSSR count). The average Bonchev–Trinajstić information content (AvgIpc) is 2.53. The molecule has 0 aliphatic heterocycles. The molecule has 7 heteroatoms. The first-order valence-electron chi connectivity index (χ1n) is 7.57. The van der Waals surface area contributed by atoms with Crippen LogP contribution < -0.4 is 10.1 Å². The minimum Gasteiger partial charge on any atom is -0.495 e. The van der Waals surface area contributed by atoms with E-state index in [0.717, 1.165) is 5.56 Å². The highest BCUT2D eigenvalue weighted by Gasteiger charge is 2.22. The van der Waals surface area contributed by atoms with Gasteiger partial charge in [0.25, 0.3) is 11.6 Å². The molecular formula is C18H19ClN2O4. The summed E-state index contributed by atoms with van der Waals surface area (Å²) in [6.07, 6.45) is 0. The van der Waals surface area contributed by atoms with Crippen LogP contribution in [0.25, 0.3) is 0 Å². The van der Waals surface area contributed by atoms with E-state index in [1.165, 1.54) is 25.3 Å². The second-order valence-electron chi connectivity index (χ2n) is 6.54. The van der Waals surface area contributed by atoms with Gasteiger partial charge in [-0.25, -0.2) is 0 Å². The van der Waals surface area contributed by atoms with Crippen LogP contribution in [-0.4, -0.2) is 17.9 Å². The molecule has 0 heterocycles. The highest BCUT2D eigenvalue weighted by Crippen LogP contribution is 2.32. The summed E-state index contributed by atoms with van der Waals surface area (Å²) in [6.45, 7) is 6.13. The molecule has 0 fully saturated rings. The van der Waals surface area contributed by atoms with Crippen molar-refractivity contribution in [2.45, 2.75) is 26.2 Å². The highest BCUT2D eigenvalue weighted by atomic mass is 35.5. The van der Waals surface area contributed by atoms with Crippen molar-refractivity contribution in [3.8, 4) is 5.75 Å². The van der Waals surface area contributed by atoms with Gasteiger partial charge in [0.05, 0.1) is 17.7 Å². The fraction of sp³-hybridized carbons (Fsp3) is 0.278. The van der Waals surface area contributed by atoms with E-state index in [1.54, 1.807) is 12.1 Å². The third kappa shape index (κ3) is 4.28. The van der Waals surface area contributed by atoms with Crippen LogP contribution in [0.1, 0.15) is 36.7 Å². The maximum absolute atomic E-state index is 12.6. The molecule has 132 valence electrons. The van der Waals surface area contributed by atoms with E-state index in [4.69, 9.17) is 16.3 Å². The van der Waals surface area contributed by atoms with Gasteiger partial charge in [-0.05, 0) is 35.2 Å². The lowest BCUT2D eigenvalue weighted by molar-refractivity contribution is -0.385. The van der Waals surface area contributed by atoms with Crippen molar-refractivity contribution in [3.63, 3.8) is 0 Å². The fourth-order valence-electron chi connectivity index (χ4n) is 2.31. The van der Waals surface area contributed by atoms with Gasteiger partial charge in [-0.15, -0.1) is 0 Å². The molecule has 0 atom stereocenters. The van der Waals surface area contributed by atoms with E-state index < -0.39 is 10.8 Å². The van der Waals surface area contributed by atoms with E-state index in [9.17, 15) is 14.9 Å². The Morgan fingerprint density at radius 3 is 2.44 bits per heavy atom. The predicted octanol–water partition coefficient (Wildman–Crippen LogP) is 4.81. The first kappa shape index (κ1) is 18.7. The van der Waals surface area contributed by atoms with Gasteiger partial charge in [-0.1, -0.05) is 38.4 Å². The molecule has 1 N–H and O–H groups in total. The van der Waals surface area contributed by atoms with Crippen molar-refractivity contribution in [3.05, 3.63) is 62.7 Å². The lowest BCUT2D eigenvalue weighted by Gasteiger charge is -2.21. The Labute approximate surface area is 150 Å². The second kappa shape index (κ2) is 7.11. The van der Waals surface area contributed by atoms with Gasteiger partial charge in [0.2, 0.25) is 0 Å². The summed E-state index contributed by atoms with van der Waals surface area (Å²) in [7, 11) is 1.49. The van der Waals surface area contributed by atoms with Gasteiger partial charge in [-0.3, -0.25) is 14.9 Å². The number of carbonyl (C=O) groups is 1. The summed E-state index contributed by atoms with van der Waals surface area (Å²) < 4.78 is 5.28. The molecule has 0 aromatic heterocycles. The minimum absolute atomic E-state index is 0.110. The van der Waals surface area contributed by atoms with Crippen LogP contribution in [0.3, 0.4) is 0 Å². The molecule has 25 heavy (non-hydrogen) atoms. The van der Waals surface area contributed by atoms with Crippen LogP contribution in [0, 0.1) is 10.1 Å². The molecular weight excluding hydrogens is 344 g/mol. The number of nitro benzene ring substituents is 1. The second-order valence-corrected chi connectivity index (χ2v) is 6.97. The number of rotatable bonds is 4. The standard InChI is InChI=1S/C18H19ClN2O4/c1-18(2,3)11-5-8-16(25-4)14(9-11)20-17(22)13-10-12(19)6-7-15(13)21(23)24/h5-10H,1-4H3,(H,20,22). The third-order valence-electron chi connectivity index (χ3n) is 3.71. The lowest BCUT2D eigenvalue weighted by atomic mass is 9.87. The Morgan fingerprint density at radius 2 is 1.88 bits per heavy atom. The van der Waals surface area contributed by atoms with Crippen LogP contribution in [0.4, 0.5) is 11.4 Å². The van der Waals surface area contributed by atoms with E-state index in [-0.39, 0.29) is 21.7 Å². The molecule has 2 aromatic rings. The van der Waals surface area contributed by atoms with Gasteiger partial charge in [-0.2, -0.15) is 0 Å². The summed E-state index contributed by atoms with van der Waals surface area (Å²) in [5.41, 5.74) is 0.875. The largest absolute Gasteiger partial charge is 0.495 e. The zero-order valence-electron chi connectivity index (χ0n) is 14.4. The molecule has 2 aromatic carbocycles. The smallest absolute Gasteiger partial charge is 0.282 e. The van der Waals surface area contributed by atoms with Crippen LogP contribution in [0.15, 0.2) is 36.4 Å². The zero-order chi connectivity index (χ0) is 18.8. The van der Waals surface area contributed by atoms with Gasteiger partial charge in [0.1, 0.15) is 11.3 Å². The average molecular weight is 363 g/mol. The van der Waals surface area contributed by atoms with Crippen LogP contribution in [0.5, 0.6) is 5.75 Å². The fourth-order valence-corrected chi connectivity index (χ4v) is 2.48. The van der Waals surface area contributed by atoms with Gasteiger partial charge in [0, 0.05) is 11.1 Å². The van der Waals surface area contributed by atoms with Crippen LogP contribution >= 0.6 is 11.6 Å². The number of amides is 1. The number of halogens is 1. The summed E-state index contributed by atoms with van der Waals surface area (Å²) in [5.74, 6) is -0.162. The first-order valence-corrected chi connectivity index (χ1v) is 7.95. The van der Waals surface area contributed by atoms with Gasteiger partial charge < -0.3 is 10.1 Å². The molecule has 0 bridgehead atoms. The Bertz CT molecular complexity index is 828. The zero-order valence-corrected chi connectivity index (χ0v) is 15.2. The molecule has 0 radical (unpaired) electrons. The van der Waals surface area contributed by atoms with Crippen molar-refractivity contribution in [2.75, 3.05) is 12.4 Å².